The molecule has 3 rings (SSSR count). The summed E-state index contributed by atoms with van der Waals surface area (Å²) in [6.07, 6.45) is 2.89. The maximum absolute atomic E-state index is 12.9. The minimum atomic E-state index is -0.844. The highest BCUT2D eigenvalue weighted by Gasteiger charge is 2.36. The molecule has 0 aliphatic carbocycles. The van der Waals surface area contributed by atoms with Gasteiger partial charge in [0.05, 0.1) is 5.69 Å². The third-order valence-electron chi connectivity index (χ3n) is 3.81. The monoisotopic (exact) mass is 416 g/mol. The van der Waals surface area contributed by atoms with Crippen LogP contribution in [0.25, 0.3) is 6.08 Å². The highest BCUT2D eigenvalue weighted by molar-refractivity contribution is 6.39. The summed E-state index contributed by atoms with van der Waals surface area (Å²) in [4.78, 5) is 38.3. The van der Waals surface area contributed by atoms with E-state index in [0.717, 1.165) is 4.90 Å². The van der Waals surface area contributed by atoms with E-state index in [2.05, 4.69) is 11.9 Å². The molecule has 0 unspecified atom stereocenters. The molecule has 1 aliphatic heterocycles. The summed E-state index contributed by atoms with van der Waals surface area (Å²) in [5.41, 5.74) is 0.457. The number of hydrogen-bond acceptors (Lipinski definition) is 4. The first-order valence-corrected chi connectivity index (χ1v) is 8.86. The Bertz CT molecular complexity index is 1000. The molecular weight excluding hydrogens is 403 g/mol. The first-order valence-electron chi connectivity index (χ1n) is 8.11. The Balaban J connectivity index is 2.03. The van der Waals surface area contributed by atoms with Crippen LogP contribution >= 0.6 is 23.2 Å². The number of benzene rings is 2. The summed E-state index contributed by atoms with van der Waals surface area (Å²) in [6, 6.07) is 10.0. The number of halogens is 2. The molecule has 1 fully saturated rings. The Kier molecular flexibility index (Phi) is 5.82. The lowest BCUT2D eigenvalue weighted by Gasteiger charge is -2.26. The third kappa shape index (κ3) is 4.08. The fourth-order valence-electron chi connectivity index (χ4n) is 2.55. The molecule has 4 amide bonds. The summed E-state index contributed by atoms with van der Waals surface area (Å²) in [5, 5.41) is 3.00. The molecule has 6 nitrogen and oxygen atoms in total. The molecule has 0 atom stereocenters. The van der Waals surface area contributed by atoms with Gasteiger partial charge in [0.15, 0.2) is 0 Å². The SMILES string of the molecule is C=CCOc1ccc(Cl)cc1/C=C1\C(=O)NC(=O)N(c2ccc(Cl)cc2)C1=O. The topological polar surface area (TPSA) is 75.7 Å². The van der Waals surface area contributed by atoms with Gasteiger partial charge in [-0.25, -0.2) is 9.69 Å². The van der Waals surface area contributed by atoms with E-state index in [4.69, 9.17) is 27.9 Å². The maximum Gasteiger partial charge on any atom is 0.335 e. The fraction of sp³-hybridized carbons (Fsp3) is 0.0500. The smallest absolute Gasteiger partial charge is 0.335 e. The lowest BCUT2D eigenvalue weighted by atomic mass is 10.1. The van der Waals surface area contributed by atoms with Gasteiger partial charge in [-0.3, -0.25) is 14.9 Å². The largest absolute Gasteiger partial charge is 0.489 e. The molecule has 8 heteroatoms. The summed E-state index contributed by atoms with van der Waals surface area (Å²) < 4.78 is 5.54. The first-order chi connectivity index (χ1) is 13.4. The molecule has 1 saturated heterocycles. The quantitative estimate of drug-likeness (QED) is 0.449. The minimum Gasteiger partial charge on any atom is -0.489 e. The second-order valence-corrected chi connectivity index (χ2v) is 6.59. The summed E-state index contributed by atoms with van der Waals surface area (Å²) >= 11 is 11.9. The first kappa shape index (κ1) is 19.7. The van der Waals surface area contributed by atoms with Gasteiger partial charge in [-0.2, -0.15) is 0 Å². The van der Waals surface area contributed by atoms with Crippen LogP contribution in [0.15, 0.2) is 60.7 Å². The lowest BCUT2D eigenvalue weighted by Crippen LogP contribution is -2.54. The molecule has 2 aromatic rings. The molecule has 2 aromatic carbocycles. The van der Waals surface area contributed by atoms with E-state index in [1.165, 1.54) is 30.3 Å². The van der Waals surface area contributed by atoms with E-state index in [9.17, 15) is 14.4 Å². The minimum absolute atomic E-state index is 0.229. The number of barbiturate groups is 1. The Morgan fingerprint density at radius 2 is 1.71 bits per heavy atom. The van der Waals surface area contributed by atoms with Gasteiger partial charge in [-0.15, -0.1) is 0 Å². The van der Waals surface area contributed by atoms with E-state index < -0.39 is 17.8 Å². The number of ether oxygens (including phenoxy) is 1. The summed E-state index contributed by atoms with van der Waals surface area (Å²) in [6.45, 7) is 3.81. The fourth-order valence-corrected chi connectivity index (χ4v) is 2.86. The molecule has 0 saturated carbocycles. The van der Waals surface area contributed by atoms with E-state index >= 15 is 0 Å². The van der Waals surface area contributed by atoms with Crippen LogP contribution in [0.2, 0.25) is 10.0 Å². The molecule has 1 N–H and O–H groups in total. The molecule has 0 radical (unpaired) electrons. The van der Waals surface area contributed by atoms with E-state index in [1.807, 2.05) is 0 Å². The second-order valence-electron chi connectivity index (χ2n) is 5.72. The van der Waals surface area contributed by atoms with Crippen molar-refractivity contribution in [3.8, 4) is 5.75 Å². The zero-order valence-electron chi connectivity index (χ0n) is 14.4. The van der Waals surface area contributed by atoms with Crippen molar-refractivity contribution in [3.05, 3.63) is 76.3 Å². The van der Waals surface area contributed by atoms with Crippen molar-refractivity contribution in [2.75, 3.05) is 11.5 Å². The number of anilines is 1. The number of amides is 4. The Labute approximate surface area is 171 Å². The van der Waals surface area contributed by atoms with Crippen molar-refractivity contribution in [2.24, 2.45) is 0 Å². The van der Waals surface area contributed by atoms with Crippen molar-refractivity contribution >= 4 is 52.8 Å². The average molecular weight is 417 g/mol. The van der Waals surface area contributed by atoms with E-state index in [1.54, 1.807) is 24.3 Å². The van der Waals surface area contributed by atoms with Gasteiger partial charge >= 0.3 is 6.03 Å². The number of nitrogens with one attached hydrogen (secondary N) is 1. The number of urea groups is 1. The van der Waals surface area contributed by atoms with Crippen molar-refractivity contribution in [1.82, 2.24) is 5.32 Å². The number of carbonyl (C=O) groups is 3. The Morgan fingerprint density at radius 1 is 1.04 bits per heavy atom. The van der Waals surface area contributed by atoms with E-state index in [0.29, 0.717) is 21.4 Å². The molecule has 142 valence electrons. The standard InChI is InChI=1S/C20H14Cl2N2O4/c1-2-9-28-17-8-5-14(22)10-12(17)11-16-18(25)23-20(27)24(19(16)26)15-6-3-13(21)4-7-15/h2-8,10-11H,1,9H2,(H,23,25,27)/b16-11+. The lowest BCUT2D eigenvalue weighted by molar-refractivity contribution is -0.122. The van der Waals surface area contributed by atoms with Crippen molar-refractivity contribution in [3.63, 3.8) is 0 Å². The van der Waals surface area contributed by atoms with Crippen molar-refractivity contribution in [2.45, 2.75) is 0 Å². The Morgan fingerprint density at radius 3 is 2.39 bits per heavy atom. The van der Waals surface area contributed by atoms with Crippen LogP contribution in [0.5, 0.6) is 5.75 Å². The van der Waals surface area contributed by atoms with Crippen molar-refractivity contribution in [1.29, 1.82) is 0 Å². The predicted molar refractivity (Wildman–Crippen MR) is 108 cm³/mol. The van der Waals surface area contributed by atoms with Crippen LogP contribution < -0.4 is 15.0 Å². The molecule has 0 aromatic heterocycles. The van der Waals surface area contributed by atoms with Gasteiger partial charge in [0.2, 0.25) is 0 Å². The van der Waals surface area contributed by atoms with Gasteiger partial charge in [0.1, 0.15) is 17.9 Å². The average Bonchev–Trinajstić information content (AvgIpc) is 2.66. The summed E-state index contributed by atoms with van der Waals surface area (Å²) in [5.74, 6) is -1.17. The van der Waals surface area contributed by atoms with Crippen LogP contribution in [0.4, 0.5) is 10.5 Å². The third-order valence-corrected chi connectivity index (χ3v) is 4.30. The van der Waals surface area contributed by atoms with Crippen LogP contribution in [0, 0.1) is 0 Å². The zero-order valence-corrected chi connectivity index (χ0v) is 16.0. The van der Waals surface area contributed by atoms with Crippen LogP contribution in [0.1, 0.15) is 5.56 Å². The van der Waals surface area contributed by atoms with Gasteiger partial charge in [0, 0.05) is 15.6 Å². The Hall–Kier alpha value is -3.09. The van der Waals surface area contributed by atoms with Gasteiger partial charge < -0.3 is 4.74 Å². The number of carbonyl (C=O) groups excluding carboxylic acids is 3. The molecule has 0 spiro atoms. The van der Waals surface area contributed by atoms with Gasteiger partial charge in [0.25, 0.3) is 11.8 Å². The second kappa shape index (κ2) is 8.29. The number of hydrogen-bond donors (Lipinski definition) is 1. The van der Waals surface area contributed by atoms with E-state index in [-0.39, 0.29) is 17.9 Å². The molecule has 1 aliphatic rings. The molecular formula is C20H14Cl2N2O4. The number of imide groups is 2. The van der Waals surface area contributed by atoms with Crippen LogP contribution in [-0.4, -0.2) is 24.5 Å². The summed E-state index contributed by atoms with van der Waals surface area (Å²) in [7, 11) is 0. The number of rotatable bonds is 5. The molecule has 1 heterocycles. The zero-order chi connectivity index (χ0) is 20.3. The van der Waals surface area contributed by atoms with Crippen LogP contribution in [0.3, 0.4) is 0 Å². The van der Waals surface area contributed by atoms with Gasteiger partial charge in [-0.1, -0.05) is 35.9 Å². The van der Waals surface area contributed by atoms with Crippen molar-refractivity contribution < 1.29 is 19.1 Å². The van der Waals surface area contributed by atoms with Gasteiger partial charge in [-0.05, 0) is 48.5 Å². The maximum atomic E-state index is 12.9. The molecule has 28 heavy (non-hydrogen) atoms. The van der Waals surface area contributed by atoms with Crippen LogP contribution in [-0.2, 0) is 9.59 Å². The number of nitrogens with zero attached hydrogens (tertiary/aromatic N) is 1. The highest BCUT2D eigenvalue weighted by atomic mass is 35.5. The molecule has 0 bridgehead atoms. The normalized spacial score (nSPS) is 15.6. The predicted octanol–water partition coefficient (Wildman–Crippen LogP) is 4.22. The highest BCUT2D eigenvalue weighted by Crippen LogP contribution is 2.28.